The van der Waals surface area contributed by atoms with Gasteiger partial charge in [-0.1, -0.05) is 53.5 Å². The molecule has 0 heterocycles. The van der Waals surface area contributed by atoms with Crippen LogP contribution in [0.1, 0.15) is 17.3 Å². The van der Waals surface area contributed by atoms with Crippen LogP contribution in [0.2, 0.25) is 10.0 Å². The summed E-state index contributed by atoms with van der Waals surface area (Å²) in [5.41, 5.74) is 1.23. The first-order chi connectivity index (χ1) is 18.6. The van der Waals surface area contributed by atoms with E-state index in [-0.39, 0.29) is 22.2 Å². The van der Waals surface area contributed by atoms with Gasteiger partial charge in [-0.25, -0.2) is 8.42 Å². The smallest absolute Gasteiger partial charge is 0.261 e. The molecule has 0 bridgehead atoms. The lowest BCUT2D eigenvalue weighted by Crippen LogP contribution is -2.40. The molecule has 39 heavy (non-hydrogen) atoms. The number of amides is 1. The van der Waals surface area contributed by atoms with Crippen molar-refractivity contribution in [3.05, 3.63) is 113 Å². The van der Waals surface area contributed by atoms with Gasteiger partial charge in [0.15, 0.2) is 0 Å². The van der Waals surface area contributed by atoms with E-state index in [0.717, 1.165) is 5.69 Å². The maximum atomic E-state index is 13.2. The molecule has 4 aromatic carbocycles. The van der Waals surface area contributed by atoms with Crippen LogP contribution in [0.15, 0.2) is 102 Å². The van der Waals surface area contributed by atoms with Crippen molar-refractivity contribution < 1.29 is 17.9 Å². The van der Waals surface area contributed by atoms with Crippen molar-refractivity contribution in [2.75, 3.05) is 23.2 Å². The number of hydrogen-bond donors (Lipinski definition) is 2. The Hall–Kier alpha value is -3.72. The Bertz CT molecular complexity index is 1550. The highest BCUT2D eigenvalue weighted by Gasteiger charge is 2.20. The molecule has 10 heteroatoms. The molecule has 1 atom stereocenters. The Morgan fingerprint density at radius 3 is 2.28 bits per heavy atom. The average molecular weight is 585 g/mol. The zero-order valence-corrected chi connectivity index (χ0v) is 23.6. The lowest BCUT2D eigenvalue weighted by molar-refractivity contribution is 0.0952. The number of sulfonamides is 1. The maximum Gasteiger partial charge on any atom is 0.261 e. The molecule has 2 N–H and O–H groups in total. The summed E-state index contributed by atoms with van der Waals surface area (Å²) in [6.45, 7) is 2.31. The van der Waals surface area contributed by atoms with Crippen LogP contribution in [0.3, 0.4) is 0 Å². The predicted molar refractivity (Wildman–Crippen MR) is 157 cm³/mol. The molecule has 4 aromatic rings. The fourth-order valence-corrected chi connectivity index (χ4v) is 5.15. The number of hydrogen-bond acceptors (Lipinski definition) is 5. The van der Waals surface area contributed by atoms with Gasteiger partial charge in [0.1, 0.15) is 11.5 Å². The first kappa shape index (κ1) is 28.3. The standard InChI is InChI=1S/C29H27Cl2N3O4S/c1-20(34(2)22-8-4-3-5-9-22)19-32-29(35)25-18-21(30)12-17-27(25)33-39(36,37)24-15-13-23(14-16-24)38-28-11-7-6-10-26(28)31/h3-18,20,33H,19H2,1-2H3,(H,32,35)/t20-/m0/s1. The number of ether oxygens (including phenoxy) is 1. The molecule has 202 valence electrons. The third-order valence-corrected chi connectivity index (χ3v) is 7.98. The summed E-state index contributed by atoms with van der Waals surface area (Å²) < 4.78 is 34.5. The summed E-state index contributed by atoms with van der Waals surface area (Å²) in [5.74, 6) is 0.421. The van der Waals surface area contributed by atoms with Crippen molar-refractivity contribution in [1.29, 1.82) is 0 Å². The number of para-hydroxylation sites is 2. The highest BCUT2D eigenvalue weighted by Crippen LogP contribution is 2.30. The number of rotatable bonds is 10. The number of halogens is 2. The van der Waals surface area contributed by atoms with Gasteiger partial charge < -0.3 is 15.0 Å². The van der Waals surface area contributed by atoms with Crippen LogP contribution >= 0.6 is 23.2 Å². The van der Waals surface area contributed by atoms with Crippen molar-refractivity contribution in [3.8, 4) is 11.5 Å². The van der Waals surface area contributed by atoms with E-state index in [2.05, 4.69) is 10.0 Å². The Morgan fingerprint density at radius 2 is 1.59 bits per heavy atom. The van der Waals surface area contributed by atoms with Crippen LogP contribution in [0.4, 0.5) is 11.4 Å². The molecular weight excluding hydrogens is 557 g/mol. The lowest BCUT2D eigenvalue weighted by atomic mass is 10.1. The van der Waals surface area contributed by atoms with Crippen molar-refractivity contribution >= 4 is 50.5 Å². The molecular formula is C29H27Cl2N3O4S. The third kappa shape index (κ3) is 7.23. The first-order valence-corrected chi connectivity index (χ1v) is 14.3. The summed E-state index contributed by atoms with van der Waals surface area (Å²) >= 11 is 12.3. The van der Waals surface area contributed by atoms with E-state index in [4.69, 9.17) is 27.9 Å². The average Bonchev–Trinajstić information content (AvgIpc) is 2.94. The summed E-state index contributed by atoms with van der Waals surface area (Å²) in [4.78, 5) is 15.1. The Balaban J connectivity index is 1.46. The van der Waals surface area contributed by atoms with Crippen LogP contribution in [0.5, 0.6) is 11.5 Å². The minimum Gasteiger partial charge on any atom is -0.456 e. The monoisotopic (exact) mass is 583 g/mol. The number of carbonyl (C=O) groups excluding carboxylic acids is 1. The highest BCUT2D eigenvalue weighted by molar-refractivity contribution is 7.92. The minimum atomic E-state index is -4.02. The second-order valence-electron chi connectivity index (χ2n) is 8.80. The van der Waals surface area contributed by atoms with E-state index in [1.807, 2.05) is 49.2 Å². The van der Waals surface area contributed by atoms with E-state index < -0.39 is 15.9 Å². The molecule has 0 spiro atoms. The fraction of sp³-hybridized carbons (Fsp3) is 0.138. The minimum absolute atomic E-state index is 0.00609. The number of nitrogens with zero attached hydrogens (tertiary/aromatic N) is 1. The Kier molecular flexibility index (Phi) is 9.01. The van der Waals surface area contributed by atoms with Gasteiger partial charge in [-0.2, -0.15) is 0 Å². The second kappa shape index (κ2) is 12.4. The van der Waals surface area contributed by atoms with E-state index in [1.54, 1.807) is 24.3 Å². The van der Waals surface area contributed by atoms with Gasteiger partial charge in [0, 0.05) is 30.3 Å². The molecule has 0 saturated carbocycles. The molecule has 7 nitrogen and oxygen atoms in total. The van der Waals surface area contributed by atoms with Gasteiger partial charge in [-0.3, -0.25) is 9.52 Å². The van der Waals surface area contributed by atoms with Gasteiger partial charge >= 0.3 is 0 Å². The van der Waals surface area contributed by atoms with Crippen molar-refractivity contribution in [1.82, 2.24) is 5.32 Å². The molecule has 1 amide bonds. The molecule has 0 saturated heterocycles. The molecule has 0 unspecified atom stereocenters. The number of benzene rings is 4. The third-order valence-electron chi connectivity index (χ3n) is 6.05. The van der Waals surface area contributed by atoms with Crippen molar-refractivity contribution in [3.63, 3.8) is 0 Å². The first-order valence-electron chi connectivity index (χ1n) is 12.0. The number of likely N-dealkylation sites (N-methyl/N-ethyl adjacent to an activating group) is 1. The normalized spacial score (nSPS) is 11.9. The van der Waals surface area contributed by atoms with Gasteiger partial charge in [0.05, 0.1) is 21.2 Å². The summed E-state index contributed by atoms with van der Waals surface area (Å²) in [7, 11) is -2.08. The zero-order chi connectivity index (χ0) is 28.0. The van der Waals surface area contributed by atoms with Crippen LogP contribution in [0, 0.1) is 0 Å². The molecule has 0 aliphatic rings. The molecule has 0 aromatic heterocycles. The summed E-state index contributed by atoms with van der Waals surface area (Å²) in [6, 6.07) is 27.0. The summed E-state index contributed by atoms with van der Waals surface area (Å²) in [6.07, 6.45) is 0. The van der Waals surface area contributed by atoms with Crippen molar-refractivity contribution in [2.45, 2.75) is 17.9 Å². The highest BCUT2D eigenvalue weighted by atomic mass is 35.5. The topological polar surface area (TPSA) is 87.7 Å². The Labute approximate surface area is 238 Å². The number of anilines is 2. The fourth-order valence-electron chi connectivity index (χ4n) is 3.73. The van der Waals surface area contributed by atoms with E-state index >= 15 is 0 Å². The van der Waals surface area contributed by atoms with Crippen LogP contribution in [-0.2, 0) is 10.0 Å². The second-order valence-corrected chi connectivity index (χ2v) is 11.3. The number of nitrogens with one attached hydrogen (secondary N) is 2. The van der Waals surface area contributed by atoms with Gasteiger partial charge in [0.2, 0.25) is 0 Å². The molecule has 0 radical (unpaired) electrons. The largest absolute Gasteiger partial charge is 0.456 e. The van der Waals surface area contributed by atoms with Crippen LogP contribution in [-0.4, -0.2) is 34.0 Å². The SMILES string of the molecule is C[C@@H](CNC(=O)c1cc(Cl)ccc1NS(=O)(=O)c1ccc(Oc2ccccc2Cl)cc1)N(C)c1ccccc1. The van der Waals surface area contributed by atoms with Crippen LogP contribution in [0.25, 0.3) is 0 Å². The molecule has 4 rings (SSSR count). The maximum absolute atomic E-state index is 13.2. The molecule has 0 aliphatic carbocycles. The molecule has 0 fully saturated rings. The lowest BCUT2D eigenvalue weighted by Gasteiger charge is -2.27. The summed E-state index contributed by atoms with van der Waals surface area (Å²) in [5, 5.41) is 3.62. The predicted octanol–water partition coefficient (Wildman–Crippen LogP) is 6.84. The zero-order valence-electron chi connectivity index (χ0n) is 21.3. The van der Waals surface area contributed by atoms with Gasteiger partial charge in [-0.15, -0.1) is 0 Å². The van der Waals surface area contributed by atoms with E-state index in [1.165, 1.54) is 42.5 Å². The quantitative estimate of drug-likeness (QED) is 0.213. The number of carbonyl (C=O) groups is 1. The van der Waals surface area contributed by atoms with E-state index in [9.17, 15) is 13.2 Å². The van der Waals surface area contributed by atoms with Crippen LogP contribution < -0.4 is 19.7 Å². The van der Waals surface area contributed by atoms with Gasteiger partial charge in [-0.05, 0) is 73.7 Å². The Morgan fingerprint density at radius 1 is 0.923 bits per heavy atom. The van der Waals surface area contributed by atoms with E-state index in [0.29, 0.717) is 28.1 Å². The van der Waals surface area contributed by atoms with Crippen molar-refractivity contribution in [2.24, 2.45) is 0 Å². The molecule has 0 aliphatic heterocycles. The van der Waals surface area contributed by atoms with Gasteiger partial charge in [0.25, 0.3) is 15.9 Å².